The van der Waals surface area contributed by atoms with Crippen molar-refractivity contribution in [3.63, 3.8) is 0 Å². The Morgan fingerprint density at radius 3 is 2.52 bits per heavy atom. The van der Waals surface area contributed by atoms with Gasteiger partial charge in [-0.15, -0.1) is 0 Å². The molecule has 1 fully saturated rings. The molecule has 2 heterocycles. The standard InChI is InChI=1S/C16H23ClN2O4/c1-15(2,3)23-14(21)19-8-6-16(22,7-9-19)13-11(10-20)4-5-12(17)18-13/h4-5,20,22H,6-10H2,1-3H3. The third-order valence-corrected chi connectivity index (χ3v) is 4.01. The number of carbonyl (C=O) groups excluding carboxylic acids is 1. The molecule has 0 saturated carbocycles. The molecule has 1 aliphatic rings. The van der Waals surface area contributed by atoms with E-state index in [1.54, 1.807) is 17.0 Å². The van der Waals surface area contributed by atoms with Gasteiger partial charge in [-0.2, -0.15) is 0 Å². The van der Waals surface area contributed by atoms with Gasteiger partial charge < -0.3 is 19.8 Å². The first-order valence-corrected chi connectivity index (χ1v) is 7.99. The third-order valence-electron chi connectivity index (χ3n) is 3.80. The van der Waals surface area contributed by atoms with Crippen molar-refractivity contribution in [2.45, 2.75) is 51.4 Å². The van der Waals surface area contributed by atoms with E-state index in [4.69, 9.17) is 16.3 Å². The highest BCUT2D eigenvalue weighted by atomic mass is 35.5. The Balaban J connectivity index is 2.11. The molecule has 23 heavy (non-hydrogen) atoms. The lowest BCUT2D eigenvalue weighted by Gasteiger charge is -2.38. The topological polar surface area (TPSA) is 82.9 Å². The van der Waals surface area contributed by atoms with Crippen LogP contribution in [0.4, 0.5) is 4.79 Å². The molecule has 0 aliphatic carbocycles. The Kier molecular flexibility index (Phi) is 5.18. The van der Waals surface area contributed by atoms with Crippen LogP contribution in [0.25, 0.3) is 0 Å². The van der Waals surface area contributed by atoms with Crippen LogP contribution in [0.2, 0.25) is 5.15 Å². The van der Waals surface area contributed by atoms with Crippen LogP contribution >= 0.6 is 11.6 Å². The zero-order valence-corrected chi connectivity index (χ0v) is 14.4. The average Bonchev–Trinajstić information content (AvgIpc) is 2.46. The highest BCUT2D eigenvalue weighted by Gasteiger charge is 2.39. The lowest BCUT2D eigenvalue weighted by atomic mass is 9.85. The smallest absolute Gasteiger partial charge is 0.410 e. The first kappa shape index (κ1) is 18.0. The van der Waals surface area contributed by atoms with Crippen molar-refractivity contribution in [2.75, 3.05) is 13.1 Å². The number of rotatable bonds is 2. The molecular weight excluding hydrogens is 320 g/mol. The highest BCUT2D eigenvalue weighted by Crippen LogP contribution is 2.34. The Labute approximate surface area is 141 Å². The van der Waals surface area contributed by atoms with E-state index in [-0.39, 0.29) is 17.9 Å². The highest BCUT2D eigenvalue weighted by molar-refractivity contribution is 6.29. The lowest BCUT2D eigenvalue weighted by Crippen LogP contribution is -2.47. The van der Waals surface area contributed by atoms with Gasteiger partial charge in [-0.05, 0) is 39.7 Å². The third kappa shape index (κ3) is 4.34. The molecule has 2 N–H and O–H groups in total. The fourth-order valence-electron chi connectivity index (χ4n) is 2.62. The molecule has 0 aromatic carbocycles. The number of ether oxygens (including phenoxy) is 1. The summed E-state index contributed by atoms with van der Waals surface area (Å²) in [5.74, 6) is 0. The molecule has 1 amide bonds. The maximum Gasteiger partial charge on any atom is 0.410 e. The molecule has 1 aromatic rings. The normalized spacial score (nSPS) is 17.9. The fourth-order valence-corrected chi connectivity index (χ4v) is 2.76. The van der Waals surface area contributed by atoms with Crippen molar-refractivity contribution in [2.24, 2.45) is 0 Å². The van der Waals surface area contributed by atoms with Crippen LogP contribution in [0, 0.1) is 0 Å². The van der Waals surface area contributed by atoms with E-state index in [2.05, 4.69) is 4.98 Å². The maximum atomic E-state index is 12.1. The summed E-state index contributed by atoms with van der Waals surface area (Å²) in [4.78, 5) is 17.8. The minimum atomic E-state index is -1.21. The van der Waals surface area contributed by atoms with E-state index in [1.807, 2.05) is 20.8 Å². The van der Waals surface area contributed by atoms with E-state index in [9.17, 15) is 15.0 Å². The van der Waals surface area contributed by atoms with Crippen LogP contribution in [0.5, 0.6) is 0 Å². The summed E-state index contributed by atoms with van der Waals surface area (Å²) < 4.78 is 5.34. The van der Waals surface area contributed by atoms with Crippen LogP contribution < -0.4 is 0 Å². The second-order valence-electron chi connectivity index (χ2n) is 6.80. The summed E-state index contributed by atoms with van der Waals surface area (Å²) in [5, 5.41) is 20.6. The van der Waals surface area contributed by atoms with Gasteiger partial charge in [0.15, 0.2) is 0 Å². The predicted molar refractivity (Wildman–Crippen MR) is 86.1 cm³/mol. The van der Waals surface area contributed by atoms with Crippen molar-refractivity contribution in [1.82, 2.24) is 9.88 Å². The molecule has 1 saturated heterocycles. The van der Waals surface area contributed by atoms with Gasteiger partial charge in [0.1, 0.15) is 16.4 Å². The number of hydrogen-bond donors (Lipinski definition) is 2. The van der Waals surface area contributed by atoms with Gasteiger partial charge in [-0.25, -0.2) is 9.78 Å². The fraction of sp³-hybridized carbons (Fsp3) is 0.625. The van der Waals surface area contributed by atoms with Crippen molar-refractivity contribution in [3.05, 3.63) is 28.5 Å². The summed E-state index contributed by atoms with van der Waals surface area (Å²) in [7, 11) is 0. The number of halogens is 1. The second kappa shape index (κ2) is 6.63. The number of hydrogen-bond acceptors (Lipinski definition) is 5. The molecule has 0 radical (unpaired) electrons. The van der Waals surface area contributed by atoms with Gasteiger partial charge in [-0.3, -0.25) is 0 Å². The number of nitrogens with zero attached hydrogens (tertiary/aromatic N) is 2. The molecule has 0 unspecified atom stereocenters. The summed E-state index contributed by atoms with van der Waals surface area (Å²) in [5.41, 5.74) is -0.829. The first-order valence-electron chi connectivity index (χ1n) is 7.62. The Hall–Kier alpha value is -1.37. The largest absolute Gasteiger partial charge is 0.444 e. The van der Waals surface area contributed by atoms with Crippen LogP contribution in [0.1, 0.15) is 44.9 Å². The number of aromatic nitrogens is 1. The van der Waals surface area contributed by atoms with Gasteiger partial charge in [0, 0.05) is 18.7 Å². The molecule has 7 heteroatoms. The summed E-state index contributed by atoms with van der Waals surface area (Å²) in [6, 6.07) is 3.23. The molecule has 1 aliphatic heterocycles. The summed E-state index contributed by atoms with van der Waals surface area (Å²) in [6.45, 7) is 5.92. The number of aliphatic hydroxyl groups excluding tert-OH is 1. The predicted octanol–water partition coefficient (Wildman–Crippen LogP) is 2.45. The minimum Gasteiger partial charge on any atom is -0.444 e. The molecular formula is C16H23ClN2O4. The van der Waals surface area contributed by atoms with Crippen LogP contribution in [0.15, 0.2) is 12.1 Å². The molecule has 0 bridgehead atoms. The molecule has 0 atom stereocenters. The SMILES string of the molecule is CC(C)(C)OC(=O)N1CCC(O)(c2nc(Cl)ccc2CO)CC1. The van der Waals surface area contributed by atoms with Crippen LogP contribution in [-0.2, 0) is 16.9 Å². The van der Waals surface area contributed by atoms with Gasteiger partial charge in [-0.1, -0.05) is 17.7 Å². The number of piperidine rings is 1. The van der Waals surface area contributed by atoms with Gasteiger partial charge >= 0.3 is 6.09 Å². The Morgan fingerprint density at radius 1 is 1.39 bits per heavy atom. The van der Waals surface area contributed by atoms with Crippen molar-refractivity contribution >= 4 is 17.7 Å². The number of pyridine rings is 1. The van der Waals surface area contributed by atoms with Crippen LogP contribution in [-0.4, -0.2) is 44.9 Å². The van der Waals surface area contributed by atoms with Gasteiger partial charge in [0.05, 0.1) is 12.3 Å². The summed E-state index contributed by atoms with van der Waals surface area (Å²) >= 11 is 5.92. The molecule has 6 nitrogen and oxygen atoms in total. The van der Waals surface area contributed by atoms with Crippen molar-refractivity contribution in [3.8, 4) is 0 Å². The zero-order valence-electron chi connectivity index (χ0n) is 13.7. The molecule has 2 rings (SSSR count). The number of likely N-dealkylation sites (tertiary alicyclic amines) is 1. The Morgan fingerprint density at radius 2 is 2.00 bits per heavy atom. The maximum absolute atomic E-state index is 12.1. The van der Waals surface area contributed by atoms with Gasteiger partial charge in [0.25, 0.3) is 0 Å². The van der Waals surface area contributed by atoms with Crippen molar-refractivity contribution < 1.29 is 19.7 Å². The number of aliphatic hydroxyl groups is 2. The number of carbonyl (C=O) groups is 1. The first-order chi connectivity index (χ1) is 10.6. The second-order valence-corrected chi connectivity index (χ2v) is 7.19. The lowest BCUT2D eigenvalue weighted by molar-refractivity contribution is -0.0391. The average molecular weight is 343 g/mol. The monoisotopic (exact) mass is 342 g/mol. The number of amides is 1. The Bertz CT molecular complexity index is 578. The van der Waals surface area contributed by atoms with Crippen molar-refractivity contribution in [1.29, 1.82) is 0 Å². The zero-order chi connectivity index (χ0) is 17.3. The van der Waals surface area contributed by atoms with E-state index >= 15 is 0 Å². The molecule has 0 spiro atoms. The van der Waals surface area contributed by atoms with E-state index in [0.717, 1.165) is 0 Å². The summed E-state index contributed by atoms with van der Waals surface area (Å²) in [6.07, 6.45) is 0.236. The van der Waals surface area contributed by atoms with Gasteiger partial charge in [0.2, 0.25) is 0 Å². The van der Waals surface area contributed by atoms with E-state index in [1.165, 1.54) is 0 Å². The minimum absolute atomic E-state index is 0.225. The van der Waals surface area contributed by atoms with E-state index in [0.29, 0.717) is 37.2 Å². The van der Waals surface area contributed by atoms with E-state index < -0.39 is 11.2 Å². The van der Waals surface area contributed by atoms with Crippen LogP contribution in [0.3, 0.4) is 0 Å². The quantitative estimate of drug-likeness (QED) is 0.807. The molecule has 1 aromatic heterocycles. The molecule has 128 valence electrons.